The van der Waals surface area contributed by atoms with E-state index in [0.29, 0.717) is 11.7 Å². The van der Waals surface area contributed by atoms with Crippen molar-refractivity contribution in [2.24, 2.45) is 0 Å². The SMILES string of the molecule is CCn1c(SCC(=O)N(C)CC(=O)Nc2c(C)cccc2C)nnc1-c1cccc(C)c1. The lowest BCUT2D eigenvalue weighted by Crippen LogP contribution is -2.36. The highest BCUT2D eigenvalue weighted by atomic mass is 32.2. The Morgan fingerprint density at radius 2 is 1.75 bits per heavy atom. The van der Waals surface area contributed by atoms with Crippen molar-refractivity contribution in [2.75, 3.05) is 24.7 Å². The van der Waals surface area contributed by atoms with Gasteiger partial charge >= 0.3 is 0 Å². The lowest BCUT2D eigenvalue weighted by Gasteiger charge is -2.18. The molecule has 1 N–H and O–H groups in total. The van der Waals surface area contributed by atoms with E-state index in [1.165, 1.54) is 16.7 Å². The largest absolute Gasteiger partial charge is 0.336 e. The van der Waals surface area contributed by atoms with E-state index in [2.05, 4.69) is 21.6 Å². The predicted octanol–water partition coefficient (Wildman–Crippen LogP) is 4.08. The molecule has 0 spiro atoms. The topological polar surface area (TPSA) is 80.1 Å². The van der Waals surface area contributed by atoms with Crippen LogP contribution in [-0.2, 0) is 16.1 Å². The first kappa shape index (κ1) is 23.5. The predicted molar refractivity (Wildman–Crippen MR) is 129 cm³/mol. The molecule has 0 aliphatic rings. The first-order valence-corrected chi connectivity index (χ1v) is 11.5. The number of benzene rings is 2. The molecule has 1 aromatic heterocycles. The number of likely N-dealkylation sites (N-methyl/N-ethyl adjacent to an activating group) is 1. The number of aromatic nitrogens is 3. The first-order valence-electron chi connectivity index (χ1n) is 10.5. The van der Waals surface area contributed by atoms with E-state index in [1.54, 1.807) is 7.05 Å². The van der Waals surface area contributed by atoms with Crippen molar-refractivity contribution in [3.8, 4) is 11.4 Å². The van der Waals surface area contributed by atoms with Crippen LogP contribution in [0.5, 0.6) is 0 Å². The maximum atomic E-state index is 12.6. The van der Waals surface area contributed by atoms with Crippen molar-refractivity contribution in [3.05, 3.63) is 59.2 Å². The highest BCUT2D eigenvalue weighted by Crippen LogP contribution is 2.25. The summed E-state index contributed by atoms with van der Waals surface area (Å²) in [4.78, 5) is 26.5. The zero-order chi connectivity index (χ0) is 23.3. The van der Waals surface area contributed by atoms with Crippen molar-refractivity contribution in [1.29, 1.82) is 0 Å². The highest BCUT2D eigenvalue weighted by Gasteiger charge is 2.18. The Balaban J connectivity index is 1.60. The quantitative estimate of drug-likeness (QED) is 0.522. The van der Waals surface area contributed by atoms with E-state index in [4.69, 9.17) is 0 Å². The lowest BCUT2D eigenvalue weighted by molar-refractivity contribution is -0.131. The standard InChI is InChI=1S/C24H29N5O2S/c1-6-29-23(19-12-7-9-16(2)13-19)26-27-24(29)32-15-21(31)28(5)14-20(30)25-22-17(3)10-8-11-18(22)4/h7-13H,6,14-15H2,1-5H3,(H,25,30). The van der Waals surface area contributed by atoms with Gasteiger partial charge in [-0.25, -0.2) is 0 Å². The summed E-state index contributed by atoms with van der Waals surface area (Å²) in [5.74, 6) is 0.600. The van der Waals surface area contributed by atoms with Crippen LogP contribution in [0.2, 0.25) is 0 Å². The molecule has 0 saturated carbocycles. The Hall–Kier alpha value is -3.13. The van der Waals surface area contributed by atoms with Gasteiger partial charge in [-0.05, 0) is 44.9 Å². The third kappa shape index (κ3) is 5.56. The van der Waals surface area contributed by atoms with Crippen molar-refractivity contribution in [1.82, 2.24) is 19.7 Å². The van der Waals surface area contributed by atoms with Gasteiger partial charge in [0, 0.05) is 24.8 Å². The third-order valence-electron chi connectivity index (χ3n) is 5.19. The van der Waals surface area contributed by atoms with Crippen molar-refractivity contribution in [3.63, 3.8) is 0 Å². The van der Waals surface area contributed by atoms with E-state index < -0.39 is 0 Å². The summed E-state index contributed by atoms with van der Waals surface area (Å²) in [7, 11) is 1.63. The summed E-state index contributed by atoms with van der Waals surface area (Å²) < 4.78 is 2.00. The van der Waals surface area contributed by atoms with Gasteiger partial charge in [0.25, 0.3) is 0 Å². The smallest absolute Gasteiger partial charge is 0.243 e. The van der Waals surface area contributed by atoms with Gasteiger partial charge in [0.05, 0.1) is 12.3 Å². The van der Waals surface area contributed by atoms with Gasteiger partial charge in [-0.1, -0.05) is 53.7 Å². The Kier molecular flexibility index (Phi) is 7.69. The molecule has 2 aromatic carbocycles. The maximum absolute atomic E-state index is 12.6. The van der Waals surface area contributed by atoms with Gasteiger partial charge in [-0.15, -0.1) is 10.2 Å². The molecule has 0 saturated heterocycles. The minimum absolute atomic E-state index is 0.0117. The maximum Gasteiger partial charge on any atom is 0.243 e. The number of thioether (sulfide) groups is 1. The lowest BCUT2D eigenvalue weighted by atomic mass is 10.1. The summed E-state index contributed by atoms with van der Waals surface area (Å²) >= 11 is 1.33. The van der Waals surface area contributed by atoms with E-state index in [0.717, 1.165) is 33.8 Å². The fourth-order valence-corrected chi connectivity index (χ4v) is 4.35. The van der Waals surface area contributed by atoms with Gasteiger partial charge in [-0.3, -0.25) is 9.59 Å². The Bertz CT molecular complexity index is 1110. The minimum Gasteiger partial charge on any atom is -0.336 e. The molecular formula is C24H29N5O2S. The number of nitrogens with one attached hydrogen (secondary N) is 1. The molecule has 0 bridgehead atoms. The average Bonchev–Trinajstić information content (AvgIpc) is 3.17. The second-order valence-electron chi connectivity index (χ2n) is 7.77. The van der Waals surface area contributed by atoms with Crippen LogP contribution in [0.4, 0.5) is 5.69 Å². The number of carbonyl (C=O) groups excluding carboxylic acids is 2. The molecule has 3 aromatic rings. The molecule has 0 aliphatic carbocycles. The summed E-state index contributed by atoms with van der Waals surface area (Å²) in [6.07, 6.45) is 0. The molecule has 0 atom stereocenters. The Morgan fingerprint density at radius 3 is 2.41 bits per heavy atom. The molecule has 7 nitrogen and oxygen atoms in total. The van der Waals surface area contributed by atoms with E-state index in [-0.39, 0.29) is 24.1 Å². The van der Waals surface area contributed by atoms with Crippen LogP contribution in [0.15, 0.2) is 47.6 Å². The van der Waals surface area contributed by atoms with Crippen LogP contribution < -0.4 is 5.32 Å². The average molecular weight is 452 g/mol. The van der Waals surface area contributed by atoms with Crippen LogP contribution in [0.1, 0.15) is 23.6 Å². The van der Waals surface area contributed by atoms with Crippen LogP contribution in [-0.4, -0.2) is 50.8 Å². The number of para-hydroxylation sites is 1. The Morgan fingerprint density at radius 1 is 1.06 bits per heavy atom. The summed E-state index contributed by atoms with van der Waals surface area (Å²) in [5.41, 5.74) is 4.93. The van der Waals surface area contributed by atoms with E-state index >= 15 is 0 Å². The molecule has 0 radical (unpaired) electrons. The highest BCUT2D eigenvalue weighted by molar-refractivity contribution is 7.99. The molecular weight excluding hydrogens is 422 g/mol. The van der Waals surface area contributed by atoms with Crippen LogP contribution in [0, 0.1) is 20.8 Å². The number of nitrogens with zero attached hydrogens (tertiary/aromatic N) is 4. The summed E-state index contributed by atoms with van der Waals surface area (Å²) in [5, 5.41) is 12.2. The number of aryl methyl sites for hydroxylation is 3. The second-order valence-corrected chi connectivity index (χ2v) is 8.72. The number of carbonyl (C=O) groups is 2. The number of anilines is 1. The zero-order valence-corrected chi connectivity index (χ0v) is 20.0. The molecule has 8 heteroatoms. The van der Waals surface area contributed by atoms with E-state index in [1.807, 2.05) is 68.7 Å². The molecule has 3 rings (SSSR count). The number of rotatable bonds is 8. The molecule has 0 aliphatic heterocycles. The molecule has 1 heterocycles. The molecule has 0 unspecified atom stereocenters. The normalized spacial score (nSPS) is 10.8. The van der Waals surface area contributed by atoms with Gasteiger partial charge < -0.3 is 14.8 Å². The Labute approximate surface area is 193 Å². The monoisotopic (exact) mass is 451 g/mol. The second kappa shape index (κ2) is 10.5. The van der Waals surface area contributed by atoms with Crippen molar-refractivity contribution in [2.45, 2.75) is 39.4 Å². The van der Waals surface area contributed by atoms with Gasteiger partial charge in [0.15, 0.2) is 11.0 Å². The summed E-state index contributed by atoms with van der Waals surface area (Å²) in [6.45, 7) is 8.64. The number of amides is 2. The van der Waals surface area contributed by atoms with Gasteiger partial charge in [0.1, 0.15) is 0 Å². The van der Waals surface area contributed by atoms with Crippen LogP contribution in [0.3, 0.4) is 0 Å². The van der Waals surface area contributed by atoms with Crippen LogP contribution >= 0.6 is 11.8 Å². The number of hydrogen-bond donors (Lipinski definition) is 1. The fourth-order valence-electron chi connectivity index (χ4n) is 3.41. The number of hydrogen-bond acceptors (Lipinski definition) is 5. The molecule has 32 heavy (non-hydrogen) atoms. The molecule has 168 valence electrons. The first-order chi connectivity index (χ1) is 15.3. The molecule has 0 fully saturated rings. The van der Waals surface area contributed by atoms with Crippen molar-refractivity contribution >= 4 is 29.3 Å². The third-order valence-corrected chi connectivity index (χ3v) is 6.14. The fraction of sp³-hybridized carbons (Fsp3) is 0.333. The van der Waals surface area contributed by atoms with Gasteiger partial charge in [0.2, 0.25) is 11.8 Å². The minimum atomic E-state index is -0.221. The molecule has 2 amide bonds. The van der Waals surface area contributed by atoms with E-state index in [9.17, 15) is 9.59 Å². The van der Waals surface area contributed by atoms with Crippen molar-refractivity contribution < 1.29 is 9.59 Å². The zero-order valence-electron chi connectivity index (χ0n) is 19.2. The summed E-state index contributed by atoms with van der Waals surface area (Å²) in [6, 6.07) is 14.0. The van der Waals surface area contributed by atoms with Gasteiger partial charge in [-0.2, -0.15) is 0 Å². The van der Waals surface area contributed by atoms with Crippen LogP contribution in [0.25, 0.3) is 11.4 Å².